The number of benzene rings is 2. The van der Waals surface area contributed by atoms with E-state index in [1.807, 2.05) is 25.1 Å². The molecule has 0 radical (unpaired) electrons. The summed E-state index contributed by atoms with van der Waals surface area (Å²) in [5.41, 5.74) is 1.34. The van der Waals surface area contributed by atoms with Crippen LogP contribution < -0.4 is 15.4 Å². The Labute approximate surface area is 145 Å². The minimum Gasteiger partial charge on any atom is -0.491 e. The van der Waals surface area contributed by atoms with Gasteiger partial charge in [-0.3, -0.25) is 4.79 Å². The molecule has 1 amide bonds. The number of hydrogen-bond donors (Lipinski definition) is 2. The molecule has 4 nitrogen and oxygen atoms in total. The third kappa shape index (κ3) is 5.66. The lowest BCUT2D eigenvalue weighted by Crippen LogP contribution is -2.22. The molecule has 0 saturated carbocycles. The zero-order valence-corrected chi connectivity index (χ0v) is 14.2. The van der Waals surface area contributed by atoms with Gasteiger partial charge in [0.25, 0.3) is 0 Å². The first-order chi connectivity index (χ1) is 11.1. The van der Waals surface area contributed by atoms with Gasteiger partial charge in [-0.05, 0) is 36.8 Å². The van der Waals surface area contributed by atoms with E-state index in [4.69, 9.17) is 27.9 Å². The number of rotatable bonds is 7. The second kappa shape index (κ2) is 8.65. The van der Waals surface area contributed by atoms with Gasteiger partial charge >= 0.3 is 0 Å². The Hall–Kier alpha value is -1.91. The van der Waals surface area contributed by atoms with E-state index < -0.39 is 0 Å². The van der Waals surface area contributed by atoms with Crippen LogP contribution in [-0.2, 0) is 4.79 Å². The normalized spacial score (nSPS) is 10.2. The second-order valence-electron chi connectivity index (χ2n) is 4.90. The number of ether oxygens (including phenoxy) is 1. The minimum absolute atomic E-state index is 0.0960. The molecule has 0 aliphatic rings. The molecule has 0 aliphatic heterocycles. The van der Waals surface area contributed by atoms with Gasteiger partial charge in [-0.15, -0.1) is 0 Å². The Balaban J connectivity index is 1.94. The molecule has 6 heteroatoms. The quantitative estimate of drug-likeness (QED) is 0.749. The van der Waals surface area contributed by atoms with Gasteiger partial charge in [-0.25, -0.2) is 0 Å². The standard InChI is InChI=1S/C17H18Cl2N2O2/c1-2-7-23-16-6-4-3-5-15(16)21-17(22)11-20-14-9-12(18)8-13(19)10-14/h3-6,8-10,20H,2,7,11H2,1H3,(H,21,22). The first kappa shape index (κ1) is 17.4. The van der Waals surface area contributed by atoms with E-state index in [1.165, 1.54) is 0 Å². The number of halogens is 2. The molecule has 0 saturated heterocycles. The van der Waals surface area contributed by atoms with Gasteiger partial charge in [0.15, 0.2) is 0 Å². The van der Waals surface area contributed by atoms with Gasteiger partial charge in [0.05, 0.1) is 18.8 Å². The van der Waals surface area contributed by atoms with Crippen LogP contribution in [0.25, 0.3) is 0 Å². The lowest BCUT2D eigenvalue weighted by atomic mass is 10.3. The van der Waals surface area contributed by atoms with Crippen LogP contribution in [0.5, 0.6) is 5.75 Å². The Bertz CT molecular complexity index is 657. The summed E-state index contributed by atoms with van der Waals surface area (Å²) < 4.78 is 5.61. The Morgan fingerprint density at radius 3 is 2.52 bits per heavy atom. The molecule has 23 heavy (non-hydrogen) atoms. The van der Waals surface area contributed by atoms with Crippen LogP contribution in [-0.4, -0.2) is 19.1 Å². The zero-order chi connectivity index (χ0) is 16.7. The van der Waals surface area contributed by atoms with Gasteiger partial charge < -0.3 is 15.4 Å². The first-order valence-electron chi connectivity index (χ1n) is 7.30. The summed E-state index contributed by atoms with van der Waals surface area (Å²) in [5, 5.41) is 6.84. The van der Waals surface area contributed by atoms with Crippen LogP contribution >= 0.6 is 23.2 Å². The molecule has 2 aromatic carbocycles. The number of carbonyl (C=O) groups is 1. The van der Waals surface area contributed by atoms with Gasteiger partial charge in [0.2, 0.25) is 5.91 Å². The molecule has 0 spiro atoms. The van der Waals surface area contributed by atoms with Crippen LogP contribution in [0.2, 0.25) is 10.0 Å². The highest BCUT2D eigenvalue weighted by atomic mass is 35.5. The highest BCUT2D eigenvalue weighted by molar-refractivity contribution is 6.35. The number of anilines is 2. The van der Waals surface area contributed by atoms with Crippen molar-refractivity contribution in [2.75, 3.05) is 23.8 Å². The van der Waals surface area contributed by atoms with Crippen molar-refractivity contribution in [2.45, 2.75) is 13.3 Å². The molecule has 0 bridgehead atoms. The fraction of sp³-hybridized carbons (Fsp3) is 0.235. The summed E-state index contributed by atoms with van der Waals surface area (Å²) in [7, 11) is 0. The molecule has 0 unspecified atom stereocenters. The SMILES string of the molecule is CCCOc1ccccc1NC(=O)CNc1cc(Cl)cc(Cl)c1. The number of carbonyl (C=O) groups excluding carboxylic acids is 1. The summed E-state index contributed by atoms with van der Waals surface area (Å²) in [6.07, 6.45) is 0.902. The van der Waals surface area contributed by atoms with Crippen molar-refractivity contribution in [3.8, 4) is 5.75 Å². The second-order valence-corrected chi connectivity index (χ2v) is 5.78. The third-order valence-corrected chi connectivity index (χ3v) is 3.37. The molecule has 0 heterocycles. The smallest absolute Gasteiger partial charge is 0.243 e. The predicted octanol–water partition coefficient (Wildman–Crippen LogP) is 4.83. The van der Waals surface area contributed by atoms with Gasteiger partial charge in [0.1, 0.15) is 5.75 Å². The fourth-order valence-electron chi connectivity index (χ4n) is 1.94. The van der Waals surface area contributed by atoms with Gasteiger partial charge in [-0.2, -0.15) is 0 Å². The van der Waals surface area contributed by atoms with Crippen molar-refractivity contribution >= 4 is 40.5 Å². The molecule has 2 rings (SSSR count). The minimum atomic E-state index is -0.186. The van der Waals surface area contributed by atoms with Crippen molar-refractivity contribution < 1.29 is 9.53 Å². The van der Waals surface area contributed by atoms with Crippen molar-refractivity contribution in [3.05, 3.63) is 52.5 Å². The van der Waals surface area contributed by atoms with Crippen molar-refractivity contribution in [3.63, 3.8) is 0 Å². The van der Waals surface area contributed by atoms with Crippen molar-refractivity contribution in [1.82, 2.24) is 0 Å². The number of para-hydroxylation sites is 2. The molecular formula is C17H18Cl2N2O2. The highest BCUT2D eigenvalue weighted by Gasteiger charge is 2.08. The van der Waals surface area contributed by atoms with E-state index in [1.54, 1.807) is 24.3 Å². The average molecular weight is 353 g/mol. The molecule has 2 aromatic rings. The van der Waals surface area contributed by atoms with Crippen LogP contribution in [0.15, 0.2) is 42.5 Å². The van der Waals surface area contributed by atoms with Crippen LogP contribution in [0.1, 0.15) is 13.3 Å². The van der Waals surface area contributed by atoms with Crippen LogP contribution in [0.4, 0.5) is 11.4 Å². The predicted molar refractivity (Wildman–Crippen MR) is 95.8 cm³/mol. The first-order valence-corrected chi connectivity index (χ1v) is 8.05. The summed E-state index contributed by atoms with van der Waals surface area (Å²) in [4.78, 5) is 12.1. The summed E-state index contributed by atoms with van der Waals surface area (Å²) in [5.74, 6) is 0.474. The monoisotopic (exact) mass is 352 g/mol. The number of nitrogens with one attached hydrogen (secondary N) is 2. The maximum atomic E-state index is 12.1. The average Bonchev–Trinajstić information content (AvgIpc) is 2.51. The van der Waals surface area contributed by atoms with Crippen LogP contribution in [0.3, 0.4) is 0 Å². The summed E-state index contributed by atoms with van der Waals surface area (Å²) >= 11 is 11.8. The molecule has 0 aliphatic carbocycles. The molecule has 122 valence electrons. The van der Waals surface area contributed by atoms with E-state index in [0.717, 1.165) is 6.42 Å². The largest absolute Gasteiger partial charge is 0.491 e. The summed E-state index contributed by atoms with van der Waals surface area (Å²) in [6, 6.07) is 12.4. The van der Waals surface area contributed by atoms with Crippen LogP contribution in [0, 0.1) is 0 Å². The molecule has 0 aromatic heterocycles. The molecule has 0 fully saturated rings. The summed E-state index contributed by atoms with van der Waals surface area (Å²) in [6.45, 7) is 2.73. The van der Waals surface area contributed by atoms with E-state index in [0.29, 0.717) is 33.8 Å². The maximum Gasteiger partial charge on any atom is 0.243 e. The van der Waals surface area contributed by atoms with E-state index in [-0.39, 0.29) is 12.5 Å². The molecule has 2 N–H and O–H groups in total. The van der Waals surface area contributed by atoms with E-state index in [9.17, 15) is 4.79 Å². The van der Waals surface area contributed by atoms with Gasteiger partial charge in [0, 0.05) is 15.7 Å². The topological polar surface area (TPSA) is 50.4 Å². The fourth-order valence-corrected chi connectivity index (χ4v) is 2.47. The molecular weight excluding hydrogens is 335 g/mol. The maximum absolute atomic E-state index is 12.1. The zero-order valence-electron chi connectivity index (χ0n) is 12.7. The van der Waals surface area contributed by atoms with Gasteiger partial charge in [-0.1, -0.05) is 42.3 Å². The van der Waals surface area contributed by atoms with E-state index in [2.05, 4.69) is 10.6 Å². The number of hydrogen-bond acceptors (Lipinski definition) is 3. The third-order valence-electron chi connectivity index (χ3n) is 2.94. The van der Waals surface area contributed by atoms with Crippen molar-refractivity contribution in [1.29, 1.82) is 0 Å². The lowest BCUT2D eigenvalue weighted by molar-refractivity contribution is -0.114. The Morgan fingerprint density at radius 2 is 1.83 bits per heavy atom. The van der Waals surface area contributed by atoms with Crippen molar-refractivity contribution in [2.24, 2.45) is 0 Å². The lowest BCUT2D eigenvalue weighted by Gasteiger charge is -2.12. The Kier molecular flexibility index (Phi) is 6.56. The number of amides is 1. The highest BCUT2D eigenvalue weighted by Crippen LogP contribution is 2.24. The molecule has 0 atom stereocenters. The van der Waals surface area contributed by atoms with E-state index >= 15 is 0 Å². The Morgan fingerprint density at radius 1 is 1.13 bits per heavy atom.